The van der Waals surface area contributed by atoms with Gasteiger partial charge in [0.1, 0.15) is 0 Å². The lowest BCUT2D eigenvalue weighted by molar-refractivity contribution is 0.867. The third-order valence-corrected chi connectivity index (χ3v) is 3.07. The minimum absolute atomic E-state index is 0.659. The van der Waals surface area contributed by atoms with Crippen molar-refractivity contribution in [1.82, 2.24) is 0 Å². The van der Waals surface area contributed by atoms with Crippen LogP contribution in [0.25, 0.3) is 0 Å². The molecule has 2 aromatic rings. The van der Waals surface area contributed by atoms with Crippen LogP contribution in [0.3, 0.4) is 0 Å². The standard InChI is InChI=1S/C9H12.C8H10.C5H8.C3H4/c1-8(2)9-6-4-3-5-7-9;1-2-8-6-4-3-5-7-8;1-4-5(2)3;1-3-2/h3-8H,1-2H3;3-7H,2H2,1H3;4H,1-2H2,3H3;1-2H2. The van der Waals surface area contributed by atoms with Gasteiger partial charge in [0.2, 0.25) is 0 Å². The number of hydrogen-bond acceptors (Lipinski definition) is 0. The summed E-state index contributed by atoms with van der Waals surface area (Å²) in [6.45, 7) is 21.7. The molecule has 0 nitrogen and oxygen atoms in total. The highest BCUT2D eigenvalue weighted by Crippen LogP contribution is 2.11. The summed E-state index contributed by atoms with van der Waals surface area (Å²) in [6, 6.07) is 21.0. The Morgan fingerprint density at radius 3 is 1.52 bits per heavy atom. The predicted octanol–water partition coefficient (Wildman–Crippen LogP) is 7.76. The quantitative estimate of drug-likeness (QED) is 0.397. The summed E-state index contributed by atoms with van der Waals surface area (Å²) in [7, 11) is 0. The molecule has 0 heteroatoms. The van der Waals surface area contributed by atoms with Crippen molar-refractivity contribution in [2.24, 2.45) is 0 Å². The highest BCUT2D eigenvalue weighted by atomic mass is 14.0. The summed E-state index contributed by atoms with van der Waals surface area (Å²) in [6.07, 6.45) is 2.86. The summed E-state index contributed by atoms with van der Waals surface area (Å²) >= 11 is 0. The Labute approximate surface area is 155 Å². The molecule has 0 N–H and O–H groups in total. The van der Waals surface area contributed by atoms with Crippen LogP contribution in [0.1, 0.15) is 44.7 Å². The molecule has 0 aliphatic carbocycles. The van der Waals surface area contributed by atoms with Gasteiger partial charge in [0.25, 0.3) is 0 Å². The van der Waals surface area contributed by atoms with E-state index in [9.17, 15) is 0 Å². The molecule has 0 saturated heterocycles. The molecule has 0 spiro atoms. The molecule has 0 saturated carbocycles. The van der Waals surface area contributed by atoms with Crippen molar-refractivity contribution in [1.29, 1.82) is 0 Å². The van der Waals surface area contributed by atoms with Gasteiger partial charge in [0.15, 0.2) is 0 Å². The van der Waals surface area contributed by atoms with Gasteiger partial charge in [-0.05, 0) is 30.4 Å². The van der Waals surface area contributed by atoms with Crippen LogP contribution in [0.5, 0.6) is 0 Å². The fourth-order valence-corrected chi connectivity index (χ4v) is 1.55. The second-order valence-electron chi connectivity index (χ2n) is 5.71. The third-order valence-electron chi connectivity index (χ3n) is 3.07. The zero-order chi connectivity index (χ0) is 19.5. The first-order valence-electron chi connectivity index (χ1n) is 8.58. The van der Waals surface area contributed by atoms with Crippen molar-refractivity contribution < 1.29 is 0 Å². The van der Waals surface area contributed by atoms with Crippen LogP contribution in [-0.4, -0.2) is 0 Å². The van der Waals surface area contributed by atoms with Gasteiger partial charge in [-0.15, -0.1) is 5.73 Å². The summed E-state index contributed by atoms with van der Waals surface area (Å²) in [5.74, 6) is 0.659. The van der Waals surface area contributed by atoms with E-state index in [0.29, 0.717) is 5.92 Å². The lowest BCUT2D eigenvalue weighted by atomic mass is 10.0. The maximum atomic E-state index is 3.56. The number of aryl methyl sites for hydroxylation is 1. The van der Waals surface area contributed by atoms with Crippen molar-refractivity contribution >= 4 is 0 Å². The summed E-state index contributed by atoms with van der Waals surface area (Å²) in [5.41, 5.74) is 6.09. The highest BCUT2D eigenvalue weighted by molar-refractivity contribution is 5.17. The average Bonchev–Trinajstić information content (AvgIpc) is 2.64. The first-order valence-corrected chi connectivity index (χ1v) is 8.58. The number of benzene rings is 2. The van der Waals surface area contributed by atoms with Crippen LogP contribution in [-0.2, 0) is 6.42 Å². The normalized spacial score (nSPS) is 8.20. The van der Waals surface area contributed by atoms with Gasteiger partial charge >= 0.3 is 0 Å². The number of allylic oxidation sites excluding steroid dienone is 2. The second-order valence-corrected chi connectivity index (χ2v) is 5.71. The lowest BCUT2D eigenvalue weighted by Gasteiger charge is -2.01. The van der Waals surface area contributed by atoms with Crippen LogP contribution >= 0.6 is 0 Å². The van der Waals surface area contributed by atoms with E-state index < -0.39 is 0 Å². The van der Waals surface area contributed by atoms with Gasteiger partial charge in [-0.2, -0.15) is 0 Å². The topological polar surface area (TPSA) is 0 Å². The van der Waals surface area contributed by atoms with Gasteiger partial charge in [-0.3, -0.25) is 0 Å². The van der Waals surface area contributed by atoms with Gasteiger partial charge < -0.3 is 0 Å². The van der Waals surface area contributed by atoms with Gasteiger partial charge in [-0.1, -0.05) is 119 Å². The van der Waals surface area contributed by atoms with E-state index in [-0.39, 0.29) is 0 Å². The van der Waals surface area contributed by atoms with E-state index in [1.807, 2.05) is 19.1 Å². The molecule has 0 aromatic heterocycles. The first-order chi connectivity index (χ1) is 11.9. The summed E-state index contributed by atoms with van der Waals surface area (Å²) in [4.78, 5) is 0. The minimum Gasteiger partial charge on any atom is -0.137 e. The van der Waals surface area contributed by atoms with E-state index in [1.165, 1.54) is 11.1 Å². The SMILES string of the molecule is C=C=C.C=CC(=C)C.CC(C)c1ccccc1.CCc1ccccc1. The van der Waals surface area contributed by atoms with E-state index in [2.05, 4.69) is 101 Å². The molecular weight excluding hydrogens is 300 g/mol. The number of rotatable bonds is 3. The van der Waals surface area contributed by atoms with Crippen molar-refractivity contribution in [2.75, 3.05) is 0 Å². The Balaban J connectivity index is 0. The molecule has 2 aromatic carbocycles. The zero-order valence-electron chi connectivity index (χ0n) is 16.5. The maximum Gasteiger partial charge on any atom is -0.0219 e. The van der Waals surface area contributed by atoms with E-state index in [1.54, 1.807) is 6.08 Å². The zero-order valence-corrected chi connectivity index (χ0v) is 16.5. The van der Waals surface area contributed by atoms with Crippen molar-refractivity contribution in [3.63, 3.8) is 0 Å². The average molecular weight is 335 g/mol. The largest absolute Gasteiger partial charge is 0.137 e. The number of hydrogen-bond donors (Lipinski definition) is 0. The van der Waals surface area contributed by atoms with Crippen molar-refractivity contribution in [2.45, 2.75) is 40.0 Å². The molecule has 0 bridgehead atoms. The molecule has 2 rings (SSSR count). The van der Waals surface area contributed by atoms with E-state index >= 15 is 0 Å². The summed E-state index contributed by atoms with van der Waals surface area (Å²) in [5, 5.41) is 0. The minimum atomic E-state index is 0.659. The molecule has 0 amide bonds. The maximum absolute atomic E-state index is 3.56. The molecular formula is C25H34. The van der Waals surface area contributed by atoms with E-state index in [4.69, 9.17) is 0 Å². The first kappa shape index (κ1) is 24.7. The third kappa shape index (κ3) is 17.6. The smallest absolute Gasteiger partial charge is 0.0219 e. The molecule has 0 fully saturated rings. The molecule has 0 heterocycles. The predicted molar refractivity (Wildman–Crippen MR) is 116 cm³/mol. The Hall–Kier alpha value is -2.56. The van der Waals surface area contributed by atoms with Gasteiger partial charge in [-0.25, -0.2) is 0 Å². The van der Waals surface area contributed by atoms with Crippen molar-refractivity contribution in [3.05, 3.63) is 115 Å². The Morgan fingerprint density at radius 1 is 0.960 bits per heavy atom. The fraction of sp³-hybridized carbons (Fsp3) is 0.240. The van der Waals surface area contributed by atoms with Crippen LogP contribution in [0.2, 0.25) is 0 Å². The monoisotopic (exact) mass is 334 g/mol. The molecule has 25 heavy (non-hydrogen) atoms. The highest BCUT2D eigenvalue weighted by Gasteiger charge is 1.93. The molecule has 0 unspecified atom stereocenters. The lowest BCUT2D eigenvalue weighted by Crippen LogP contribution is -1.83. The van der Waals surface area contributed by atoms with Gasteiger partial charge in [0.05, 0.1) is 0 Å². The van der Waals surface area contributed by atoms with E-state index in [0.717, 1.165) is 12.0 Å². The molecule has 0 aliphatic heterocycles. The fourth-order valence-electron chi connectivity index (χ4n) is 1.55. The molecule has 134 valence electrons. The van der Waals surface area contributed by atoms with Crippen LogP contribution in [0.15, 0.2) is 104 Å². The van der Waals surface area contributed by atoms with Crippen LogP contribution in [0.4, 0.5) is 0 Å². The Kier molecular flexibility index (Phi) is 17.6. The Bertz CT molecular complexity index is 582. The molecule has 0 aliphatic rings. The van der Waals surface area contributed by atoms with Crippen LogP contribution in [0, 0.1) is 0 Å². The second kappa shape index (κ2) is 17.8. The molecule has 0 radical (unpaired) electrons. The van der Waals surface area contributed by atoms with Crippen molar-refractivity contribution in [3.8, 4) is 0 Å². The van der Waals surface area contributed by atoms with Crippen LogP contribution < -0.4 is 0 Å². The Morgan fingerprint density at radius 2 is 1.32 bits per heavy atom. The molecule has 0 atom stereocenters. The summed E-state index contributed by atoms with van der Waals surface area (Å²) < 4.78 is 0. The van der Waals surface area contributed by atoms with Gasteiger partial charge in [0, 0.05) is 0 Å².